The predicted octanol–water partition coefficient (Wildman–Crippen LogP) is 10.3. The molecule has 8 aromatic rings. The largest absolute Gasteiger partial charge is 2.00 e. The van der Waals surface area contributed by atoms with Crippen LogP contribution < -0.4 is 35.4 Å². The van der Waals surface area contributed by atoms with Gasteiger partial charge in [0.05, 0.1) is 0 Å². The van der Waals surface area contributed by atoms with Crippen molar-refractivity contribution in [2.45, 2.75) is 118 Å². The van der Waals surface area contributed by atoms with Crippen molar-refractivity contribution < 1.29 is 77.2 Å². The maximum atomic E-state index is 2.43. The molecule has 0 saturated carbocycles. The number of benzene rings is 4. The first-order chi connectivity index (χ1) is 27.1. The van der Waals surface area contributed by atoms with Gasteiger partial charge in [0.15, 0.2) is 0 Å². The molecule has 60 heavy (non-hydrogen) atoms. The second kappa shape index (κ2) is 28.3. The van der Waals surface area contributed by atoms with E-state index in [1.807, 2.05) is 0 Å². The number of hydrogen-bond acceptors (Lipinski definition) is 0. The second-order valence-corrected chi connectivity index (χ2v) is 22.0. The number of halogens is 2. The van der Waals surface area contributed by atoms with Gasteiger partial charge in [0.25, 0.3) is 0 Å². The first kappa shape index (κ1) is 56.5. The summed E-state index contributed by atoms with van der Waals surface area (Å²) >= 11 is 0. The Kier molecular flexibility index (Phi) is 26.7. The summed E-state index contributed by atoms with van der Waals surface area (Å²) in [5, 5.41) is 14.2. The number of aryl methyl sites for hydroxylation is 2. The van der Waals surface area contributed by atoms with Crippen molar-refractivity contribution in [1.29, 1.82) is 0 Å². The van der Waals surface area contributed by atoms with E-state index in [1.54, 1.807) is 10.6 Å². The van der Waals surface area contributed by atoms with Crippen LogP contribution in [0.1, 0.15) is 92.2 Å². The van der Waals surface area contributed by atoms with Crippen LogP contribution >= 0.6 is 15.8 Å². The number of fused-ring (bicyclic) bond motifs is 4. The molecule has 0 saturated heterocycles. The van der Waals surface area contributed by atoms with Crippen molar-refractivity contribution in [3.05, 3.63) is 157 Å². The Labute approximate surface area is 417 Å². The second-order valence-electron chi connectivity index (χ2n) is 15.9. The van der Waals surface area contributed by atoms with E-state index in [1.165, 1.54) is 79.9 Å². The summed E-state index contributed by atoms with van der Waals surface area (Å²) in [6.07, 6.45) is 5.16. The molecule has 0 spiro atoms. The minimum Gasteiger partial charge on any atom is -1.00 e. The van der Waals surface area contributed by atoms with Gasteiger partial charge in [-0.15, -0.1) is 162 Å². The van der Waals surface area contributed by atoms with Gasteiger partial charge in [0.1, 0.15) is 0 Å². The van der Waals surface area contributed by atoms with Crippen molar-refractivity contribution >= 4 is 69.5 Å². The molecular formula is C54H66Cl2P2Zr2-2. The first-order valence-electron chi connectivity index (χ1n) is 21.2. The molecule has 0 N–H and O–H groups in total. The van der Waals surface area contributed by atoms with Crippen molar-refractivity contribution in [2.24, 2.45) is 0 Å². The summed E-state index contributed by atoms with van der Waals surface area (Å²) in [5.41, 5.74) is 6.00. The monoisotopic (exact) mass is 1030 g/mol. The van der Waals surface area contributed by atoms with Crippen LogP contribution in [-0.4, -0.2) is 22.6 Å². The maximum Gasteiger partial charge on any atom is 2.00 e. The van der Waals surface area contributed by atoms with Crippen molar-refractivity contribution in [1.82, 2.24) is 0 Å². The normalized spacial score (nSPS) is 13.5. The fourth-order valence-corrected chi connectivity index (χ4v) is 14.4. The summed E-state index contributed by atoms with van der Waals surface area (Å²) in [5.74, 6) is 0. The molecule has 4 atom stereocenters. The Morgan fingerprint density at radius 1 is 0.383 bits per heavy atom. The fraction of sp³-hybridized carbons (Fsp3) is 0.333. The zero-order valence-electron chi connectivity index (χ0n) is 37.6. The van der Waals surface area contributed by atoms with E-state index in [-0.39, 0.29) is 93.1 Å². The molecule has 0 radical (unpaired) electrons. The molecule has 0 fully saturated rings. The Morgan fingerprint density at radius 3 is 0.850 bits per heavy atom. The molecule has 8 aromatic carbocycles. The zero-order valence-corrected chi connectivity index (χ0v) is 45.9. The maximum absolute atomic E-state index is 2.43. The Hall–Kier alpha value is -1.47. The van der Waals surface area contributed by atoms with Gasteiger partial charge in [-0.05, 0) is 48.3 Å². The molecule has 0 aliphatic rings. The molecule has 316 valence electrons. The van der Waals surface area contributed by atoms with Gasteiger partial charge < -0.3 is 24.8 Å². The SMILES string of the molecule is CCC(C)P(c1cc2ccccc2[cH-]1)C(C)CC.CCC(C)P(c1cc2ccccc2[cH-]1)C(C)CC.Cc1cc2ccccc2[cH-]1.Cc1cc2ccccc2[cH-]1.[Cl-].[Cl-].[Zr+2].[Zr+2]. The van der Waals surface area contributed by atoms with Gasteiger partial charge in [0, 0.05) is 0 Å². The summed E-state index contributed by atoms with van der Waals surface area (Å²) in [6.45, 7) is 23.3. The molecule has 6 heteroatoms. The molecule has 8 rings (SSSR count). The van der Waals surface area contributed by atoms with Crippen LogP contribution in [0.15, 0.2) is 146 Å². The molecule has 4 unspecified atom stereocenters. The van der Waals surface area contributed by atoms with Crippen LogP contribution in [0.4, 0.5) is 0 Å². The van der Waals surface area contributed by atoms with E-state index in [0.29, 0.717) is 0 Å². The molecule has 0 heterocycles. The molecule has 0 nitrogen and oxygen atoms in total. The zero-order chi connectivity index (χ0) is 40.2. The Morgan fingerprint density at radius 2 is 0.617 bits per heavy atom. The van der Waals surface area contributed by atoms with Gasteiger partial charge in [0.2, 0.25) is 0 Å². The first-order valence-corrected chi connectivity index (χ1v) is 24.1. The average molecular weight is 1030 g/mol. The van der Waals surface area contributed by atoms with Gasteiger partial charge >= 0.3 is 52.4 Å². The minimum absolute atomic E-state index is 0. The minimum atomic E-state index is -0.0252. The Bertz CT molecular complexity index is 2050. The van der Waals surface area contributed by atoms with E-state index >= 15 is 0 Å². The van der Waals surface area contributed by atoms with Gasteiger partial charge in [-0.2, -0.15) is 24.3 Å². The average Bonchev–Trinajstić information content (AvgIpc) is 4.01. The molecule has 0 amide bonds. The topological polar surface area (TPSA) is 0 Å². The summed E-state index contributed by atoms with van der Waals surface area (Å²) in [6, 6.07) is 52.9. The van der Waals surface area contributed by atoms with Crippen molar-refractivity contribution in [3.63, 3.8) is 0 Å². The predicted molar refractivity (Wildman–Crippen MR) is 260 cm³/mol. The molecule has 0 bridgehead atoms. The van der Waals surface area contributed by atoms with Crippen LogP contribution in [0.25, 0.3) is 43.1 Å². The Balaban J connectivity index is 0.000000403. The third kappa shape index (κ3) is 15.4. The number of hydrogen-bond donors (Lipinski definition) is 0. The van der Waals surface area contributed by atoms with Crippen LogP contribution in [0, 0.1) is 13.8 Å². The molecule has 0 aromatic heterocycles. The van der Waals surface area contributed by atoms with Gasteiger partial charge in [-0.1, -0.05) is 109 Å². The third-order valence-electron chi connectivity index (χ3n) is 11.6. The van der Waals surface area contributed by atoms with Crippen molar-refractivity contribution in [2.75, 3.05) is 0 Å². The van der Waals surface area contributed by atoms with Crippen LogP contribution in [0.5, 0.6) is 0 Å². The van der Waals surface area contributed by atoms with E-state index in [9.17, 15) is 0 Å². The third-order valence-corrected chi connectivity index (χ3v) is 18.6. The smallest absolute Gasteiger partial charge is 1.00 e. The van der Waals surface area contributed by atoms with Crippen LogP contribution in [0.2, 0.25) is 0 Å². The van der Waals surface area contributed by atoms with Crippen LogP contribution in [-0.2, 0) is 52.4 Å². The summed E-state index contributed by atoms with van der Waals surface area (Å²) in [7, 11) is -0.0504. The number of rotatable bonds is 10. The molecular weight excluding hydrogens is 964 g/mol. The van der Waals surface area contributed by atoms with E-state index < -0.39 is 0 Å². The fourth-order valence-electron chi connectivity index (χ4n) is 7.85. The van der Waals surface area contributed by atoms with E-state index in [4.69, 9.17) is 0 Å². The van der Waals surface area contributed by atoms with Gasteiger partial charge in [-0.25, -0.2) is 0 Å². The van der Waals surface area contributed by atoms with E-state index in [2.05, 4.69) is 215 Å². The molecule has 0 aliphatic carbocycles. The van der Waals surface area contributed by atoms with Crippen molar-refractivity contribution in [3.8, 4) is 0 Å². The summed E-state index contributed by atoms with van der Waals surface area (Å²) < 4.78 is 0. The van der Waals surface area contributed by atoms with Crippen LogP contribution in [0.3, 0.4) is 0 Å². The summed E-state index contributed by atoms with van der Waals surface area (Å²) in [4.78, 5) is 0. The van der Waals surface area contributed by atoms with Gasteiger partial charge in [-0.3, -0.25) is 0 Å². The standard InChI is InChI=1S/2C17H24P.2C10H9.2ClH.2Zr/c2*1-5-13(3)18(14(4)6-2)17-11-15-9-7-8-10-16(15)12-17;2*1-8-6-9-4-2-3-5-10(9)7-8;;;;/h2*7-14H,5-6H2,1-4H3;2*2-7H,1H3;2*1H;;/q4*-1;;;2*+2/p-2. The van der Waals surface area contributed by atoms with E-state index in [0.717, 1.165) is 22.6 Å². The molecule has 0 aliphatic heterocycles. The quantitative estimate of drug-likeness (QED) is 0.0946.